The highest BCUT2D eigenvalue weighted by Crippen LogP contribution is 2.30. The van der Waals surface area contributed by atoms with Gasteiger partial charge in [-0.2, -0.15) is 11.8 Å². The van der Waals surface area contributed by atoms with Crippen molar-refractivity contribution in [3.63, 3.8) is 0 Å². The average Bonchev–Trinajstić information content (AvgIpc) is 2.86. The van der Waals surface area contributed by atoms with E-state index in [1.165, 1.54) is 6.07 Å². The van der Waals surface area contributed by atoms with Crippen LogP contribution in [0, 0.1) is 10.1 Å². The zero-order valence-electron chi connectivity index (χ0n) is 11.7. The van der Waals surface area contributed by atoms with Crippen molar-refractivity contribution in [1.82, 2.24) is 10.3 Å². The molecule has 7 nitrogen and oxygen atoms in total. The third-order valence-corrected chi connectivity index (χ3v) is 4.71. The Bertz CT molecular complexity index is 552. The van der Waals surface area contributed by atoms with Gasteiger partial charge < -0.3 is 11.1 Å². The molecule has 114 valence electrons. The molecule has 0 spiro atoms. The molecule has 1 aromatic rings. The van der Waals surface area contributed by atoms with Crippen LogP contribution in [0.5, 0.6) is 0 Å². The number of carbonyl (C=O) groups is 1. The normalized spacial score (nSPS) is 21.2. The maximum atomic E-state index is 12.2. The number of nitrogens with one attached hydrogen (secondary N) is 1. The molecule has 2 rings (SSSR count). The van der Waals surface area contributed by atoms with Gasteiger partial charge in [0, 0.05) is 17.4 Å². The van der Waals surface area contributed by atoms with Crippen molar-refractivity contribution >= 4 is 29.2 Å². The molecule has 1 saturated carbocycles. The van der Waals surface area contributed by atoms with Crippen LogP contribution in [0.3, 0.4) is 0 Å². The van der Waals surface area contributed by atoms with E-state index in [2.05, 4.69) is 17.2 Å². The maximum Gasteiger partial charge on any atom is 0.288 e. The van der Waals surface area contributed by atoms with Gasteiger partial charge in [0.2, 0.25) is 0 Å². The molecular weight excluding hydrogens is 292 g/mol. The fourth-order valence-corrected chi connectivity index (χ4v) is 3.61. The number of anilines is 1. The Balaban J connectivity index is 2.04. The van der Waals surface area contributed by atoms with E-state index in [0.29, 0.717) is 5.25 Å². The minimum absolute atomic E-state index is 0.00980. The summed E-state index contributed by atoms with van der Waals surface area (Å²) in [5, 5.41) is 14.2. The Morgan fingerprint density at radius 1 is 1.62 bits per heavy atom. The topological polar surface area (TPSA) is 111 Å². The quantitative estimate of drug-likeness (QED) is 0.635. The molecule has 1 fully saturated rings. The summed E-state index contributed by atoms with van der Waals surface area (Å²) in [6, 6.07) is 1.27. The molecule has 8 heteroatoms. The Morgan fingerprint density at radius 2 is 2.38 bits per heavy atom. The molecule has 2 atom stereocenters. The minimum Gasteiger partial charge on any atom is -0.383 e. The molecular formula is C13H18N4O3S. The first-order chi connectivity index (χ1) is 10.0. The van der Waals surface area contributed by atoms with Gasteiger partial charge in [-0.1, -0.05) is 6.92 Å². The summed E-state index contributed by atoms with van der Waals surface area (Å²) in [5.74, 6) is 0.680. The Morgan fingerprint density at radius 3 is 3.05 bits per heavy atom. The lowest BCUT2D eigenvalue weighted by Gasteiger charge is -2.13. The number of nitro groups is 1. The number of carbonyl (C=O) groups excluding carboxylic acids is 1. The summed E-state index contributed by atoms with van der Waals surface area (Å²) in [5.41, 5.74) is 5.47. The number of nitrogen functional groups attached to an aromatic ring is 1. The zero-order chi connectivity index (χ0) is 15.4. The molecule has 1 amide bonds. The van der Waals surface area contributed by atoms with E-state index in [0.717, 1.165) is 31.2 Å². The van der Waals surface area contributed by atoms with Crippen LogP contribution in [0.1, 0.15) is 36.5 Å². The van der Waals surface area contributed by atoms with Gasteiger partial charge in [-0.25, -0.2) is 4.98 Å². The lowest BCUT2D eigenvalue weighted by molar-refractivity contribution is -0.385. The third-order valence-electron chi connectivity index (χ3n) is 3.48. The summed E-state index contributed by atoms with van der Waals surface area (Å²) >= 11 is 1.90. The number of hydrogen-bond donors (Lipinski definition) is 2. The summed E-state index contributed by atoms with van der Waals surface area (Å²) in [6.45, 7) is 2.12. The highest BCUT2D eigenvalue weighted by molar-refractivity contribution is 7.99. The number of nitrogens with two attached hydrogens (primary N) is 1. The summed E-state index contributed by atoms with van der Waals surface area (Å²) in [4.78, 5) is 26.1. The largest absolute Gasteiger partial charge is 0.383 e. The molecule has 0 aromatic carbocycles. The second-order valence-electron chi connectivity index (χ2n) is 4.94. The van der Waals surface area contributed by atoms with Crippen molar-refractivity contribution in [2.24, 2.45) is 0 Å². The van der Waals surface area contributed by atoms with Crippen molar-refractivity contribution in [3.8, 4) is 0 Å². The van der Waals surface area contributed by atoms with Gasteiger partial charge in [0.25, 0.3) is 11.6 Å². The van der Waals surface area contributed by atoms with Crippen molar-refractivity contribution < 1.29 is 9.72 Å². The summed E-state index contributed by atoms with van der Waals surface area (Å²) in [6.07, 6.45) is 3.97. The minimum atomic E-state index is -0.591. The molecule has 1 heterocycles. The average molecular weight is 310 g/mol. The van der Waals surface area contributed by atoms with Crippen LogP contribution in [-0.2, 0) is 0 Å². The number of pyridine rings is 1. The van der Waals surface area contributed by atoms with E-state index < -0.39 is 10.8 Å². The van der Waals surface area contributed by atoms with Crippen LogP contribution in [0.2, 0.25) is 0 Å². The zero-order valence-corrected chi connectivity index (χ0v) is 12.6. The monoisotopic (exact) mass is 310 g/mol. The predicted octanol–water partition coefficient (Wildman–Crippen LogP) is 1.98. The van der Waals surface area contributed by atoms with E-state index in [4.69, 9.17) is 5.73 Å². The number of aromatic nitrogens is 1. The van der Waals surface area contributed by atoms with Gasteiger partial charge in [0.15, 0.2) is 0 Å². The SMILES string of the molecule is CCSC1CCC(NC(=O)c2cc([N+](=O)[O-])cnc2N)C1. The third kappa shape index (κ3) is 3.84. The van der Waals surface area contributed by atoms with Gasteiger partial charge in [0.05, 0.1) is 10.5 Å². The lowest BCUT2D eigenvalue weighted by atomic mass is 10.2. The van der Waals surface area contributed by atoms with Gasteiger partial charge in [-0.15, -0.1) is 0 Å². The Kier molecular flexibility index (Phi) is 5.00. The number of nitrogens with zero attached hydrogens (tertiary/aromatic N) is 2. The first-order valence-electron chi connectivity index (χ1n) is 6.83. The van der Waals surface area contributed by atoms with Gasteiger partial charge in [0.1, 0.15) is 12.0 Å². The van der Waals surface area contributed by atoms with Gasteiger partial charge >= 0.3 is 0 Å². The van der Waals surface area contributed by atoms with E-state index in [9.17, 15) is 14.9 Å². The molecule has 0 saturated heterocycles. The predicted molar refractivity (Wildman–Crippen MR) is 82.3 cm³/mol. The van der Waals surface area contributed by atoms with E-state index in [1.54, 1.807) is 0 Å². The summed E-state index contributed by atoms with van der Waals surface area (Å²) in [7, 11) is 0. The van der Waals surface area contributed by atoms with E-state index in [1.807, 2.05) is 11.8 Å². The molecule has 0 radical (unpaired) electrons. The molecule has 0 bridgehead atoms. The Hall–Kier alpha value is -1.83. The second-order valence-corrected chi connectivity index (χ2v) is 6.52. The molecule has 1 aromatic heterocycles. The molecule has 21 heavy (non-hydrogen) atoms. The fourth-order valence-electron chi connectivity index (χ4n) is 2.47. The van der Waals surface area contributed by atoms with Crippen LogP contribution < -0.4 is 11.1 Å². The van der Waals surface area contributed by atoms with E-state index >= 15 is 0 Å². The molecule has 1 aliphatic rings. The van der Waals surface area contributed by atoms with Crippen molar-refractivity contribution in [2.45, 2.75) is 37.5 Å². The van der Waals surface area contributed by atoms with Crippen LogP contribution >= 0.6 is 11.8 Å². The van der Waals surface area contributed by atoms with Crippen LogP contribution in [0.4, 0.5) is 11.5 Å². The van der Waals surface area contributed by atoms with Gasteiger partial charge in [-0.05, 0) is 25.0 Å². The van der Waals surface area contributed by atoms with Crippen molar-refractivity contribution in [3.05, 3.63) is 27.9 Å². The smallest absolute Gasteiger partial charge is 0.288 e. The molecule has 2 unspecified atom stereocenters. The van der Waals surface area contributed by atoms with Crippen LogP contribution in [0.25, 0.3) is 0 Å². The summed E-state index contributed by atoms with van der Waals surface area (Å²) < 4.78 is 0. The standard InChI is InChI=1S/C13H18N4O3S/c1-2-21-10-4-3-8(5-10)16-13(18)11-6-9(17(19)20)7-15-12(11)14/h6-8,10H,2-5H2,1H3,(H2,14,15)(H,16,18). The van der Waals surface area contributed by atoms with Crippen LogP contribution in [0.15, 0.2) is 12.3 Å². The highest BCUT2D eigenvalue weighted by atomic mass is 32.2. The van der Waals surface area contributed by atoms with Crippen molar-refractivity contribution in [2.75, 3.05) is 11.5 Å². The molecule has 1 aliphatic carbocycles. The van der Waals surface area contributed by atoms with E-state index in [-0.39, 0.29) is 23.1 Å². The number of hydrogen-bond acceptors (Lipinski definition) is 6. The molecule has 3 N–H and O–H groups in total. The number of thioether (sulfide) groups is 1. The Labute approximate surface area is 126 Å². The van der Waals surface area contributed by atoms with Crippen molar-refractivity contribution in [1.29, 1.82) is 0 Å². The second kappa shape index (κ2) is 6.75. The fraction of sp³-hybridized carbons (Fsp3) is 0.538. The first kappa shape index (κ1) is 15.6. The lowest BCUT2D eigenvalue weighted by Crippen LogP contribution is -2.33. The number of amides is 1. The maximum absolute atomic E-state index is 12.2. The molecule has 0 aliphatic heterocycles. The number of rotatable bonds is 5. The van der Waals surface area contributed by atoms with Gasteiger partial charge in [-0.3, -0.25) is 14.9 Å². The first-order valence-corrected chi connectivity index (χ1v) is 7.88. The highest BCUT2D eigenvalue weighted by Gasteiger charge is 2.27. The van der Waals surface area contributed by atoms with Crippen LogP contribution in [-0.4, -0.2) is 32.9 Å².